The highest BCUT2D eigenvalue weighted by Gasteiger charge is 2.06. The molecule has 5 nitrogen and oxygen atoms in total. The van der Waals surface area contributed by atoms with Crippen molar-refractivity contribution in [3.8, 4) is 5.88 Å². The van der Waals surface area contributed by atoms with Crippen LogP contribution in [0.1, 0.15) is 24.1 Å². The van der Waals surface area contributed by atoms with Gasteiger partial charge >= 0.3 is 0 Å². The summed E-state index contributed by atoms with van der Waals surface area (Å²) in [5.74, 6) is 2.50. The number of hydrogen-bond donors (Lipinski definition) is 1. The Morgan fingerprint density at radius 3 is 2.83 bits per heavy atom. The molecule has 2 aromatic heterocycles. The van der Waals surface area contributed by atoms with Gasteiger partial charge in [-0.25, -0.2) is 4.68 Å². The predicted octanol–water partition coefficient (Wildman–Crippen LogP) is 2.01. The molecule has 1 N–H and O–H groups in total. The van der Waals surface area contributed by atoms with Crippen molar-refractivity contribution in [3.05, 3.63) is 35.4 Å². The molecule has 0 amide bonds. The van der Waals surface area contributed by atoms with Gasteiger partial charge in [0, 0.05) is 13.1 Å². The minimum Gasteiger partial charge on any atom is -0.470 e. The molecule has 2 heterocycles. The van der Waals surface area contributed by atoms with E-state index in [1.165, 1.54) is 0 Å². The second kappa shape index (κ2) is 5.73. The van der Waals surface area contributed by atoms with Crippen molar-refractivity contribution in [1.29, 1.82) is 0 Å². The van der Waals surface area contributed by atoms with Crippen LogP contribution in [0.5, 0.6) is 5.88 Å². The molecule has 0 atom stereocenters. The van der Waals surface area contributed by atoms with E-state index in [0.717, 1.165) is 36.2 Å². The number of nitrogens with one attached hydrogen (secondary N) is 1. The van der Waals surface area contributed by atoms with Crippen LogP contribution < -0.4 is 10.1 Å². The van der Waals surface area contributed by atoms with Crippen molar-refractivity contribution in [1.82, 2.24) is 15.1 Å². The van der Waals surface area contributed by atoms with Gasteiger partial charge in [-0.05, 0) is 25.6 Å². The first-order valence-electron chi connectivity index (χ1n) is 6.10. The quantitative estimate of drug-likeness (QED) is 0.851. The van der Waals surface area contributed by atoms with Gasteiger partial charge in [-0.1, -0.05) is 6.92 Å². The van der Waals surface area contributed by atoms with E-state index in [0.29, 0.717) is 6.61 Å². The van der Waals surface area contributed by atoms with E-state index in [2.05, 4.69) is 17.3 Å². The molecule has 0 aromatic carbocycles. The molecule has 0 saturated heterocycles. The Kier molecular flexibility index (Phi) is 4.04. The Balaban J connectivity index is 1.90. The van der Waals surface area contributed by atoms with E-state index < -0.39 is 0 Å². The lowest BCUT2D eigenvalue weighted by molar-refractivity contribution is 0.245. The molecule has 0 spiro atoms. The Hall–Kier alpha value is -1.75. The summed E-state index contributed by atoms with van der Waals surface area (Å²) >= 11 is 0. The zero-order chi connectivity index (χ0) is 13.0. The number of aryl methyl sites for hydroxylation is 2. The van der Waals surface area contributed by atoms with Crippen LogP contribution in [0, 0.1) is 6.92 Å². The van der Waals surface area contributed by atoms with Crippen LogP contribution >= 0.6 is 0 Å². The van der Waals surface area contributed by atoms with E-state index in [4.69, 9.17) is 9.15 Å². The molecule has 0 fully saturated rings. The highest BCUT2D eigenvalue weighted by Crippen LogP contribution is 2.15. The third-order valence-corrected chi connectivity index (χ3v) is 2.59. The lowest BCUT2D eigenvalue weighted by Gasteiger charge is -2.03. The summed E-state index contributed by atoms with van der Waals surface area (Å²) in [5.41, 5.74) is 0.944. The third-order valence-electron chi connectivity index (χ3n) is 2.59. The lowest BCUT2D eigenvalue weighted by Crippen LogP contribution is -2.10. The number of rotatable bonds is 6. The van der Waals surface area contributed by atoms with Gasteiger partial charge in [0.2, 0.25) is 5.88 Å². The molecule has 2 rings (SSSR count). The van der Waals surface area contributed by atoms with Crippen LogP contribution in [0.25, 0.3) is 0 Å². The minimum absolute atomic E-state index is 0.422. The molecular weight excluding hydrogens is 230 g/mol. The molecule has 5 heteroatoms. The average Bonchev–Trinajstić information content (AvgIpc) is 2.91. The first-order valence-corrected chi connectivity index (χ1v) is 6.10. The van der Waals surface area contributed by atoms with Crippen molar-refractivity contribution in [2.75, 3.05) is 6.54 Å². The molecule has 0 aliphatic rings. The summed E-state index contributed by atoms with van der Waals surface area (Å²) in [4.78, 5) is 0. The second-order valence-electron chi connectivity index (χ2n) is 4.18. The topological polar surface area (TPSA) is 52.2 Å². The maximum Gasteiger partial charge on any atom is 0.212 e. The Bertz CT molecular complexity index is 502. The fraction of sp³-hybridized carbons (Fsp3) is 0.462. The monoisotopic (exact) mass is 249 g/mol. The maximum absolute atomic E-state index is 5.65. The molecule has 0 radical (unpaired) electrons. The van der Waals surface area contributed by atoms with Crippen LogP contribution in [0.15, 0.2) is 22.6 Å². The predicted molar refractivity (Wildman–Crippen MR) is 68.4 cm³/mol. The second-order valence-corrected chi connectivity index (χ2v) is 4.18. The summed E-state index contributed by atoms with van der Waals surface area (Å²) < 4.78 is 13.0. The number of ether oxygens (including phenoxy) is 1. The Labute approximate surface area is 107 Å². The third kappa shape index (κ3) is 3.13. The lowest BCUT2D eigenvalue weighted by atomic mass is 10.4. The molecule has 0 aliphatic heterocycles. The largest absolute Gasteiger partial charge is 0.470 e. The fourth-order valence-electron chi connectivity index (χ4n) is 1.71. The number of aromatic nitrogens is 2. The van der Waals surface area contributed by atoms with Crippen molar-refractivity contribution in [2.45, 2.75) is 27.0 Å². The van der Waals surface area contributed by atoms with Crippen LogP contribution in [0.4, 0.5) is 0 Å². The molecule has 0 unspecified atom stereocenters. The minimum atomic E-state index is 0.422. The van der Waals surface area contributed by atoms with Gasteiger partial charge in [0.1, 0.15) is 18.1 Å². The van der Waals surface area contributed by atoms with Crippen molar-refractivity contribution >= 4 is 0 Å². The highest BCUT2D eigenvalue weighted by atomic mass is 16.5. The summed E-state index contributed by atoms with van der Waals surface area (Å²) in [5, 5.41) is 7.44. The van der Waals surface area contributed by atoms with Crippen LogP contribution in [-0.2, 0) is 20.2 Å². The molecule has 98 valence electrons. The average molecular weight is 249 g/mol. The molecule has 0 bridgehead atoms. The van der Waals surface area contributed by atoms with E-state index in [1.807, 2.05) is 32.2 Å². The van der Waals surface area contributed by atoms with Gasteiger partial charge < -0.3 is 14.5 Å². The normalized spacial score (nSPS) is 10.8. The zero-order valence-corrected chi connectivity index (χ0v) is 11.1. The van der Waals surface area contributed by atoms with Crippen LogP contribution in [0.2, 0.25) is 0 Å². The fourth-order valence-corrected chi connectivity index (χ4v) is 1.71. The van der Waals surface area contributed by atoms with E-state index >= 15 is 0 Å². The van der Waals surface area contributed by atoms with Crippen LogP contribution in [0.3, 0.4) is 0 Å². The van der Waals surface area contributed by atoms with Gasteiger partial charge in [0.05, 0.1) is 12.2 Å². The van der Waals surface area contributed by atoms with Gasteiger partial charge in [0.15, 0.2) is 0 Å². The Morgan fingerprint density at radius 1 is 1.39 bits per heavy atom. The highest BCUT2D eigenvalue weighted by molar-refractivity contribution is 5.15. The van der Waals surface area contributed by atoms with E-state index in [9.17, 15) is 0 Å². The summed E-state index contributed by atoms with van der Waals surface area (Å²) in [6.45, 7) is 6.11. The molecule has 18 heavy (non-hydrogen) atoms. The van der Waals surface area contributed by atoms with Gasteiger partial charge in [-0.3, -0.25) is 0 Å². The first kappa shape index (κ1) is 12.7. The van der Waals surface area contributed by atoms with E-state index in [-0.39, 0.29) is 0 Å². The summed E-state index contributed by atoms with van der Waals surface area (Å²) in [7, 11) is 1.86. The zero-order valence-electron chi connectivity index (χ0n) is 11.1. The SMILES string of the molecule is CCNCc1ccc(COc2cc(C)nn2C)o1. The Morgan fingerprint density at radius 2 is 2.17 bits per heavy atom. The van der Waals surface area contributed by atoms with Crippen molar-refractivity contribution < 1.29 is 9.15 Å². The first-order chi connectivity index (χ1) is 8.69. The molecule has 2 aromatic rings. The molecule has 0 saturated carbocycles. The van der Waals surface area contributed by atoms with Gasteiger partial charge in [-0.2, -0.15) is 5.10 Å². The standard InChI is InChI=1S/C13H19N3O2/c1-4-14-8-11-5-6-12(18-11)9-17-13-7-10(2)15-16(13)3/h5-7,14H,4,8-9H2,1-3H3. The van der Waals surface area contributed by atoms with Crippen LogP contribution in [-0.4, -0.2) is 16.3 Å². The summed E-state index contributed by atoms with van der Waals surface area (Å²) in [6.07, 6.45) is 0. The number of nitrogens with zero attached hydrogens (tertiary/aromatic N) is 2. The smallest absolute Gasteiger partial charge is 0.212 e. The van der Waals surface area contributed by atoms with E-state index in [1.54, 1.807) is 4.68 Å². The van der Waals surface area contributed by atoms with Gasteiger partial charge in [-0.15, -0.1) is 0 Å². The number of hydrogen-bond acceptors (Lipinski definition) is 4. The maximum atomic E-state index is 5.65. The summed E-state index contributed by atoms with van der Waals surface area (Å²) in [6, 6.07) is 5.81. The number of furan rings is 1. The molecule has 0 aliphatic carbocycles. The van der Waals surface area contributed by atoms with Crippen molar-refractivity contribution in [2.24, 2.45) is 7.05 Å². The molecular formula is C13H19N3O2. The van der Waals surface area contributed by atoms with Gasteiger partial charge in [0.25, 0.3) is 0 Å². The van der Waals surface area contributed by atoms with Crippen molar-refractivity contribution in [3.63, 3.8) is 0 Å².